The summed E-state index contributed by atoms with van der Waals surface area (Å²) in [6.07, 6.45) is 9.28. The maximum Gasteiger partial charge on any atom is 0.323 e. The highest BCUT2D eigenvalue weighted by Crippen LogP contribution is 2.32. The number of urea groups is 1. The highest BCUT2D eigenvalue weighted by Gasteiger charge is 2.35. The van der Waals surface area contributed by atoms with Gasteiger partial charge in [0.15, 0.2) is 5.82 Å². The van der Waals surface area contributed by atoms with E-state index < -0.39 is 5.92 Å². The van der Waals surface area contributed by atoms with E-state index in [9.17, 15) is 18.8 Å². The van der Waals surface area contributed by atoms with Crippen molar-refractivity contribution in [3.63, 3.8) is 0 Å². The van der Waals surface area contributed by atoms with Crippen LogP contribution in [0.5, 0.6) is 0 Å². The van der Waals surface area contributed by atoms with Gasteiger partial charge in [0.1, 0.15) is 17.5 Å². The quantitative estimate of drug-likeness (QED) is 0.262. The highest BCUT2D eigenvalue weighted by molar-refractivity contribution is 5.91. The summed E-state index contributed by atoms with van der Waals surface area (Å²) in [5, 5.41) is 20.3. The first-order chi connectivity index (χ1) is 22.3. The number of alkyl halides is 2. The Balaban J connectivity index is 1.14. The number of rotatable bonds is 8. The molecule has 2 fully saturated rings. The fraction of sp³-hybridized carbons (Fsp3) is 0.394. The molecule has 0 unspecified atom stereocenters. The molecule has 0 atom stereocenters. The third-order valence-corrected chi connectivity index (χ3v) is 8.62. The van der Waals surface area contributed by atoms with Crippen LogP contribution in [-0.4, -0.2) is 61.9 Å². The van der Waals surface area contributed by atoms with Crippen molar-refractivity contribution in [1.82, 2.24) is 30.0 Å². The van der Waals surface area contributed by atoms with Gasteiger partial charge in [-0.2, -0.15) is 15.3 Å². The van der Waals surface area contributed by atoms with Gasteiger partial charge in [-0.05, 0) is 43.4 Å². The number of hydrogen-bond donors (Lipinski definition) is 2. The van der Waals surface area contributed by atoms with Gasteiger partial charge in [-0.25, -0.2) is 23.5 Å². The van der Waals surface area contributed by atoms with E-state index in [-0.39, 0.29) is 49.6 Å². The molecule has 2 aliphatic rings. The maximum atomic E-state index is 13.7. The Morgan fingerprint density at radius 2 is 1.78 bits per heavy atom. The number of nitrogens with zero attached hydrogens (tertiary/aromatic N) is 8. The number of amides is 2. The van der Waals surface area contributed by atoms with Crippen molar-refractivity contribution >= 4 is 23.6 Å². The Morgan fingerprint density at radius 1 is 1.02 bits per heavy atom. The summed E-state index contributed by atoms with van der Waals surface area (Å²) in [6.45, 7) is 0.652. The fourth-order valence-electron chi connectivity index (χ4n) is 6.05. The molecule has 13 heteroatoms. The standard InChI is InChI=1S/C33H36F2N10O/c1-43-22-26(21-40-43)24-7-12-29(37-19-24)45(32(46)39-18-23-5-3-2-4-6-23)28-10-8-27(9-11-28)41-31-38-20-25(17-36)30(42-31)44-15-13-33(34,35)14-16-44/h2-7,12,19-22,27-28H,8-11,13-16,18H2,1H3,(H,39,46)(H,38,41,42). The Labute approximate surface area is 266 Å². The minimum absolute atomic E-state index is 0.0397. The minimum atomic E-state index is -2.70. The van der Waals surface area contributed by atoms with Crippen LogP contribution in [0.25, 0.3) is 11.1 Å². The number of pyridine rings is 1. The van der Waals surface area contributed by atoms with Crippen LogP contribution >= 0.6 is 0 Å². The Bertz CT molecular complexity index is 1670. The first-order valence-electron chi connectivity index (χ1n) is 15.5. The number of benzene rings is 1. The predicted octanol–water partition coefficient (Wildman–Crippen LogP) is 5.52. The van der Waals surface area contributed by atoms with Crippen molar-refractivity contribution in [3.05, 3.63) is 78.4 Å². The lowest BCUT2D eigenvalue weighted by Gasteiger charge is -2.36. The molecule has 0 bridgehead atoms. The number of carbonyl (C=O) groups excluding carboxylic acids is 1. The second-order valence-electron chi connectivity index (χ2n) is 11.9. The number of aryl methyl sites for hydroxylation is 1. The molecular weight excluding hydrogens is 590 g/mol. The molecule has 6 rings (SSSR count). The van der Waals surface area contributed by atoms with Crippen LogP contribution in [-0.2, 0) is 13.6 Å². The Hall–Kier alpha value is -5.12. The van der Waals surface area contributed by atoms with Crippen LogP contribution in [0.4, 0.5) is 31.2 Å². The maximum absolute atomic E-state index is 13.7. The third-order valence-electron chi connectivity index (χ3n) is 8.62. The summed E-state index contributed by atoms with van der Waals surface area (Å²) in [5.74, 6) is -1.38. The van der Waals surface area contributed by atoms with Crippen molar-refractivity contribution in [2.45, 2.75) is 63.1 Å². The average Bonchev–Trinajstić information content (AvgIpc) is 3.51. The van der Waals surface area contributed by atoms with Crippen molar-refractivity contribution in [1.29, 1.82) is 5.26 Å². The molecule has 0 spiro atoms. The van der Waals surface area contributed by atoms with Gasteiger partial charge in [0, 0.05) is 75.1 Å². The summed E-state index contributed by atoms with van der Waals surface area (Å²) in [5.41, 5.74) is 3.12. The van der Waals surface area contributed by atoms with Crippen LogP contribution < -0.4 is 20.4 Å². The van der Waals surface area contributed by atoms with Crippen LogP contribution in [0, 0.1) is 11.3 Å². The normalized spacial score (nSPS) is 19.2. The molecule has 1 saturated carbocycles. The van der Waals surface area contributed by atoms with Crippen LogP contribution in [0.15, 0.2) is 67.3 Å². The van der Waals surface area contributed by atoms with E-state index in [2.05, 4.69) is 31.8 Å². The number of nitrogens with one attached hydrogen (secondary N) is 2. The van der Waals surface area contributed by atoms with Gasteiger partial charge < -0.3 is 15.5 Å². The van der Waals surface area contributed by atoms with Crippen molar-refractivity contribution in [2.75, 3.05) is 28.2 Å². The van der Waals surface area contributed by atoms with Gasteiger partial charge in [-0.3, -0.25) is 9.58 Å². The lowest BCUT2D eigenvalue weighted by atomic mass is 9.90. The molecule has 1 aliphatic carbocycles. The zero-order chi connectivity index (χ0) is 32.1. The lowest BCUT2D eigenvalue weighted by molar-refractivity contribution is -0.0221. The van der Waals surface area contributed by atoms with Gasteiger partial charge in [0.2, 0.25) is 5.95 Å². The topological polar surface area (TPSA) is 128 Å². The van der Waals surface area contributed by atoms with Gasteiger partial charge in [-0.1, -0.05) is 30.3 Å². The Morgan fingerprint density at radius 3 is 2.43 bits per heavy atom. The fourth-order valence-corrected chi connectivity index (χ4v) is 6.05. The largest absolute Gasteiger partial charge is 0.355 e. The predicted molar refractivity (Wildman–Crippen MR) is 170 cm³/mol. The molecule has 1 aliphatic heterocycles. The molecule has 0 radical (unpaired) electrons. The van der Waals surface area contributed by atoms with E-state index in [0.717, 1.165) is 29.5 Å². The number of hydrogen-bond acceptors (Lipinski definition) is 8. The average molecular weight is 627 g/mol. The van der Waals surface area contributed by atoms with Crippen LogP contribution in [0.3, 0.4) is 0 Å². The van der Waals surface area contributed by atoms with Crippen molar-refractivity contribution in [2.24, 2.45) is 7.05 Å². The molecule has 3 aromatic heterocycles. The zero-order valence-corrected chi connectivity index (χ0v) is 25.6. The summed E-state index contributed by atoms with van der Waals surface area (Å²) in [6, 6.07) is 15.4. The molecule has 1 saturated heterocycles. The molecular formula is C33H36F2N10O. The number of halogens is 2. The van der Waals surface area contributed by atoms with E-state index in [1.54, 1.807) is 26.9 Å². The van der Waals surface area contributed by atoms with Gasteiger partial charge in [-0.15, -0.1) is 0 Å². The minimum Gasteiger partial charge on any atom is -0.355 e. The van der Waals surface area contributed by atoms with E-state index in [0.29, 0.717) is 37.0 Å². The first-order valence-corrected chi connectivity index (χ1v) is 15.5. The van der Waals surface area contributed by atoms with Gasteiger partial charge in [0.25, 0.3) is 5.92 Å². The van der Waals surface area contributed by atoms with Crippen LogP contribution in [0.1, 0.15) is 49.7 Å². The first kappa shape index (κ1) is 30.9. The second-order valence-corrected chi connectivity index (χ2v) is 11.9. The Kier molecular flexibility index (Phi) is 9.05. The van der Waals surface area contributed by atoms with E-state index in [1.165, 1.54) is 6.20 Å². The van der Waals surface area contributed by atoms with Crippen molar-refractivity contribution in [3.8, 4) is 17.2 Å². The van der Waals surface area contributed by atoms with E-state index >= 15 is 0 Å². The molecule has 238 valence electrons. The monoisotopic (exact) mass is 626 g/mol. The molecule has 4 heterocycles. The summed E-state index contributed by atoms with van der Waals surface area (Å²) in [7, 11) is 1.86. The number of piperidine rings is 1. The van der Waals surface area contributed by atoms with E-state index in [4.69, 9.17) is 4.98 Å². The number of carbonyl (C=O) groups is 1. The number of nitriles is 1. The summed E-state index contributed by atoms with van der Waals surface area (Å²) < 4.78 is 29.2. The molecule has 46 heavy (non-hydrogen) atoms. The summed E-state index contributed by atoms with van der Waals surface area (Å²) in [4.78, 5) is 30.8. The molecule has 11 nitrogen and oxygen atoms in total. The number of anilines is 3. The summed E-state index contributed by atoms with van der Waals surface area (Å²) >= 11 is 0. The smallest absolute Gasteiger partial charge is 0.323 e. The zero-order valence-electron chi connectivity index (χ0n) is 25.6. The molecule has 1 aromatic carbocycles. The van der Waals surface area contributed by atoms with Crippen LogP contribution in [0.2, 0.25) is 0 Å². The molecule has 2 amide bonds. The van der Waals surface area contributed by atoms with Gasteiger partial charge in [0.05, 0.1) is 12.4 Å². The molecule has 4 aromatic rings. The molecule has 2 N–H and O–H groups in total. The number of aromatic nitrogens is 5. The second kappa shape index (κ2) is 13.5. The highest BCUT2D eigenvalue weighted by atomic mass is 19.3. The third kappa shape index (κ3) is 7.22. The lowest BCUT2D eigenvalue weighted by Crippen LogP contribution is -2.49. The van der Waals surface area contributed by atoms with Gasteiger partial charge >= 0.3 is 6.03 Å². The van der Waals surface area contributed by atoms with Crippen molar-refractivity contribution < 1.29 is 13.6 Å². The van der Waals surface area contributed by atoms with E-state index in [1.807, 2.05) is 55.7 Å². The SMILES string of the molecule is Cn1cc(-c2ccc(N(C(=O)NCc3ccccc3)C3CCC(Nc4ncc(C#N)c(N5CCC(F)(F)CC5)n4)CC3)nc2)cn1.